The van der Waals surface area contributed by atoms with E-state index in [0.717, 1.165) is 18.8 Å². The standard InChI is InChI=1S/C13H23N5O2/c1-4-6-15-10-7-11(16-8-13(19)14-3)18-12(17-10)9-20-5-2/h7H,4-6,8-9H2,1-3H3,(H,14,19)(H2,15,16,17,18). The second-order valence-electron chi connectivity index (χ2n) is 4.15. The van der Waals surface area contributed by atoms with E-state index in [1.807, 2.05) is 6.92 Å². The Morgan fingerprint density at radius 3 is 2.55 bits per heavy atom. The number of nitrogens with zero attached hydrogens (tertiary/aromatic N) is 2. The number of ether oxygens (including phenoxy) is 1. The number of carbonyl (C=O) groups excluding carboxylic acids is 1. The number of carbonyl (C=O) groups is 1. The van der Waals surface area contributed by atoms with Crippen LogP contribution >= 0.6 is 0 Å². The van der Waals surface area contributed by atoms with E-state index >= 15 is 0 Å². The lowest BCUT2D eigenvalue weighted by molar-refractivity contribution is -0.118. The lowest BCUT2D eigenvalue weighted by Gasteiger charge is -2.10. The minimum absolute atomic E-state index is 0.0990. The third-order valence-electron chi connectivity index (χ3n) is 2.47. The van der Waals surface area contributed by atoms with Crippen molar-refractivity contribution in [1.82, 2.24) is 15.3 Å². The molecule has 3 N–H and O–H groups in total. The van der Waals surface area contributed by atoms with E-state index in [1.54, 1.807) is 13.1 Å². The minimum Gasteiger partial charge on any atom is -0.374 e. The Balaban J connectivity index is 2.76. The molecule has 0 aliphatic rings. The average Bonchev–Trinajstić information content (AvgIpc) is 2.48. The van der Waals surface area contributed by atoms with E-state index in [-0.39, 0.29) is 12.5 Å². The third kappa shape index (κ3) is 5.83. The van der Waals surface area contributed by atoms with Crippen LogP contribution in [0.25, 0.3) is 0 Å². The average molecular weight is 281 g/mol. The molecule has 0 atom stereocenters. The van der Waals surface area contributed by atoms with Crippen molar-refractivity contribution in [3.8, 4) is 0 Å². The molecule has 0 saturated carbocycles. The van der Waals surface area contributed by atoms with Crippen molar-refractivity contribution in [3.63, 3.8) is 0 Å². The number of hydrogen-bond acceptors (Lipinski definition) is 6. The first kappa shape index (κ1) is 16.2. The van der Waals surface area contributed by atoms with Crippen LogP contribution in [0.5, 0.6) is 0 Å². The molecule has 20 heavy (non-hydrogen) atoms. The molecular weight excluding hydrogens is 258 g/mol. The van der Waals surface area contributed by atoms with Crippen LogP contribution < -0.4 is 16.0 Å². The van der Waals surface area contributed by atoms with Crippen molar-refractivity contribution in [2.24, 2.45) is 0 Å². The fourth-order valence-corrected chi connectivity index (χ4v) is 1.45. The number of likely N-dealkylation sites (N-methyl/N-ethyl adjacent to an activating group) is 1. The van der Waals surface area contributed by atoms with Gasteiger partial charge >= 0.3 is 0 Å². The molecule has 1 heterocycles. The normalized spacial score (nSPS) is 10.2. The van der Waals surface area contributed by atoms with Crippen molar-refractivity contribution >= 4 is 17.5 Å². The van der Waals surface area contributed by atoms with Crippen LogP contribution in [-0.2, 0) is 16.1 Å². The fraction of sp³-hybridized carbons (Fsp3) is 0.615. The number of rotatable bonds is 9. The van der Waals surface area contributed by atoms with Gasteiger partial charge in [-0.2, -0.15) is 0 Å². The van der Waals surface area contributed by atoms with Gasteiger partial charge in [0.15, 0.2) is 5.82 Å². The number of anilines is 2. The molecule has 0 saturated heterocycles. The molecule has 1 aromatic heterocycles. The molecule has 0 bridgehead atoms. The summed E-state index contributed by atoms with van der Waals surface area (Å²) in [6.07, 6.45) is 1.01. The molecule has 0 spiro atoms. The van der Waals surface area contributed by atoms with Crippen molar-refractivity contribution in [2.45, 2.75) is 26.9 Å². The van der Waals surface area contributed by atoms with Crippen LogP contribution in [0, 0.1) is 0 Å². The maximum Gasteiger partial charge on any atom is 0.239 e. The van der Waals surface area contributed by atoms with Gasteiger partial charge in [-0.15, -0.1) is 0 Å². The summed E-state index contributed by atoms with van der Waals surface area (Å²) in [5.74, 6) is 1.83. The van der Waals surface area contributed by atoms with Gasteiger partial charge in [0.05, 0.1) is 6.54 Å². The predicted octanol–water partition coefficient (Wildman–Crippen LogP) is 0.993. The highest BCUT2D eigenvalue weighted by Crippen LogP contribution is 2.12. The summed E-state index contributed by atoms with van der Waals surface area (Å²) >= 11 is 0. The molecule has 1 rings (SSSR count). The van der Waals surface area contributed by atoms with Crippen molar-refractivity contribution in [2.75, 3.05) is 37.4 Å². The highest BCUT2D eigenvalue weighted by atomic mass is 16.5. The maximum absolute atomic E-state index is 11.2. The lowest BCUT2D eigenvalue weighted by Crippen LogP contribution is -2.26. The van der Waals surface area contributed by atoms with Crippen LogP contribution in [0.2, 0.25) is 0 Å². The zero-order chi connectivity index (χ0) is 14.8. The van der Waals surface area contributed by atoms with E-state index < -0.39 is 0 Å². The summed E-state index contributed by atoms with van der Waals surface area (Å²) in [4.78, 5) is 19.9. The monoisotopic (exact) mass is 281 g/mol. The SMILES string of the molecule is CCCNc1cc(NCC(=O)NC)nc(COCC)n1. The van der Waals surface area contributed by atoms with Gasteiger partial charge in [0.25, 0.3) is 0 Å². The second-order valence-corrected chi connectivity index (χ2v) is 4.15. The predicted molar refractivity (Wildman–Crippen MR) is 78.7 cm³/mol. The Morgan fingerprint density at radius 2 is 1.95 bits per heavy atom. The summed E-state index contributed by atoms with van der Waals surface area (Å²) in [6.45, 7) is 5.97. The largest absolute Gasteiger partial charge is 0.374 e. The van der Waals surface area contributed by atoms with Crippen LogP contribution in [0.4, 0.5) is 11.6 Å². The van der Waals surface area contributed by atoms with Gasteiger partial charge in [-0.3, -0.25) is 4.79 Å². The first-order valence-corrected chi connectivity index (χ1v) is 6.83. The zero-order valence-corrected chi connectivity index (χ0v) is 12.3. The van der Waals surface area contributed by atoms with E-state index in [4.69, 9.17) is 4.74 Å². The molecule has 0 fully saturated rings. The van der Waals surface area contributed by atoms with Gasteiger partial charge in [-0.1, -0.05) is 6.92 Å². The number of hydrogen-bond donors (Lipinski definition) is 3. The summed E-state index contributed by atoms with van der Waals surface area (Å²) in [6, 6.07) is 1.79. The number of aromatic nitrogens is 2. The Bertz CT molecular complexity index is 399. The Labute approximate surface area is 119 Å². The first-order chi connectivity index (χ1) is 9.69. The molecule has 0 aromatic carbocycles. The van der Waals surface area contributed by atoms with Crippen LogP contribution in [0.15, 0.2) is 6.07 Å². The number of nitrogens with one attached hydrogen (secondary N) is 3. The molecule has 1 amide bonds. The quantitative estimate of drug-likeness (QED) is 0.625. The molecule has 0 aliphatic carbocycles. The van der Waals surface area contributed by atoms with Gasteiger partial charge in [-0.05, 0) is 13.3 Å². The highest BCUT2D eigenvalue weighted by molar-refractivity contribution is 5.80. The van der Waals surface area contributed by atoms with E-state index in [9.17, 15) is 4.79 Å². The summed E-state index contributed by atoms with van der Waals surface area (Å²) in [7, 11) is 1.60. The highest BCUT2D eigenvalue weighted by Gasteiger charge is 2.06. The molecule has 0 aliphatic heterocycles. The van der Waals surface area contributed by atoms with Gasteiger partial charge in [0, 0.05) is 26.3 Å². The van der Waals surface area contributed by atoms with E-state index in [2.05, 4.69) is 32.8 Å². The lowest BCUT2D eigenvalue weighted by atomic mass is 10.4. The fourth-order valence-electron chi connectivity index (χ4n) is 1.45. The Hall–Kier alpha value is -1.89. The van der Waals surface area contributed by atoms with Crippen LogP contribution in [0.1, 0.15) is 26.1 Å². The van der Waals surface area contributed by atoms with Gasteiger partial charge in [0.1, 0.15) is 18.2 Å². The van der Waals surface area contributed by atoms with Crippen LogP contribution in [-0.4, -0.2) is 42.6 Å². The Morgan fingerprint density at radius 1 is 1.25 bits per heavy atom. The topological polar surface area (TPSA) is 88.2 Å². The summed E-state index contributed by atoms with van der Waals surface area (Å²) in [5.41, 5.74) is 0. The van der Waals surface area contributed by atoms with Crippen molar-refractivity contribution in [1.29, 1.82) is 0 Å². The first-order valence-electron chi connectivity index (χ1n) is 6.83. The molecule has 0 unspecified atom stereocenters. The van der Waals surface area contributed by atoms with Gasteiger partial charge in [-0.25, -0.2) is 9.97 Å². The van der Waals surface area contributed by atoms with Gasteiger partial charge in [0.2, 0.25) is 5.91 Å². The zero-order valence-electron chi connectivity index (χ0n) is 12.3. The summed E-state index contributed by atoms with van der Waals surface area (Å²) < 4.78 is 5.32. The maximum atomic E-state index is 11.2. The molecule has 112 valence electrons. The molecule has 0 radical (unpaired) electrons. The second kappa shape index (κ2) is 9.08. The molecule has 1 aromatic rings. The molecule has 7 nitrogen and oxygen atoms in total. The van der Waals surface area contributed by atoms with Gasteiger partial charge < -0.3 is 20.7 Å². The molecular formula is C13H23N5O2. The Kier molecular flexibility index (Phi) is 7.34. The van der Waals surface area contributed by atoms with E-state index in [1.165, 1.54) is 0 Å². The van der Waals surface area contributed by atoms with Crippen molar-refractivity contribution in [3.05, 3.63) is 11.9 Å². The molecule has 7 heteroatoms. The smallest absolute Gasteiger partial charge is 0.239 e. The minimum atomic E-state index is -0.0990. The van der Waals surface area contributed by atoms with Crippen LogP contribution in [0.3, 0.4) is 0 Å². The third-order valence-corrected chi connectivity index (χ3v) is 2.47. The van der Waals surface area contributed by atoms with Crippen molar-refractivity contribution < 1.29 is 9.53 Å². The number of amides is 1. The van der Waals surface area contributed by atoms with E-state index in [0.29, 0.717) is 24.9 Å². The summed E-state index contributed by atoms with van der Waals surface area (Å²) in [5, 5.41) is 8.72.